The van der Waals surface area contributed by atoms with E-state index in [-0.39, 0.29) is 11.8 Å². The zero-order chi connectivity index (χ0) is 11.4. The molecule has 2 aromatic rings. The van der Waals surface area contributed by atoms with Crippen LogP contribution in [0.2, 0.25) is 0 Å². The van der Waals surface area contributed by atoms with Crippen molar-refractivity contribution in [2.24, 2.45) is 0 Å². The monoisotopic (exact) mass is 236 g/mol. The summed E-state index contributed by atoms with van der Waals surface area (Å²) in [6, 6.07) is 8.90. The van der Waals surface area contributed by atoms with Gasteiger partial charge in [-0.25, -0.2) is 9.18 Å². The number of thiophene rings is 1. The largest absolute Gasteiger partial charge is 0.324 e. The van der Waals surface area contributed by atoms with Crippen LogP contribution in [-0.4, -0.2) is 6.03 Å². The zero-order valence-electron chi connectivity index (χ0n) is 8.24. The maximum absolute atomic E-state index is 12.6. The van der Waals surface area contributed by atoms with Crippen LogP contribution in [0.3, 0.4) is 0 Å². The third-order valence-corrected chi connectivity index (χ3v) is 2.65. The molecule has 2 rings (SSSR count). The van der Waals surface area contributed by atoms with E-state index in [0.29, 0.717) is 5.69 Å². The van der Waals surface area contributed by atoms with Crippen molar-refractivity contribution in [3.05, 3.63) is 47.6 Å². The molecular formula is C11H9FN2OS. The number of hydrogen-bond acceptors (Lipinski definition) is 2. The summed E-state index contributed by atoms with van der Waals surface area (Å²) >= 11 is 1.43. The van der Waals surface area contributed by atoms with Crippen molar-refractivity contribution < 1.29 is 9.18 Å². The van der Waals surface area contributed by atoms with Crippen molar-refractivity contribution in [2.45, 2.75) is 0 Å². The van der Waals surface area contributed by atoms with Crippen LogP contribution in [0.5, 0.6) is 0 Å². The topological polar surface area (TPSA) is 41.1 Å². The SMILES string of the molecule is O=C(Nc1ccc(F)cc1)Nc1cccs1. The van der Waals surface area contributed by atoms with Crippen molar-refractivity contribution in [3.63, 3.8) is 0 Å². The van der Waals surface area contributed by atoms with Crippen molar-refractivity contribution in [3.8, 4) is 0 Å². The highest BCUT2D eigenvalue weighted by Crippen LogP contribution is 2.15. The summed E-state index contributed by atoms with van der Waals surface area (Å²) in [5, 5.41) is 7.89. The Labute approximate surface area is 95.9 Å². The van der Waals surface area contributed by atoms with Gasteiger partial charge in [0.1, 0.15) is 5.82 Å². The third kappa shape index (κ3) is 2.80. The second-order valence-corrected chi connectivity index (χ2v) is 4.01. The van der Waals surface area contributed by atoms with Gasteiger partial charge in [-0.05, 0) is 41.8 Å². The highest BCUT2D eigenvalue weighted by Gasteiger charge is 2.02. The average Bonchev–Trinajstić information content (AvgIpc) is 2.74. The highest BCUT2D eigenvalue weighted by atomic mass is 32.1. The lowest BCUT2D eigenvalue weighted by atomic mass is 10.3. The Morgan fingerprint density at radius 1 is 1.12 bits per heavy atom. The molecule has 0 aliphatic heterocycles. The number of carbonyl (C=O) groups is 1. The standard InChI is InChI=1S/C11H9FN2OS/c12-8-3-5-9(6-4-8)13-11(15)14-10-2-1-7-16-10/h1-7H,(H2,13,14,15). The van der Waals surface area contributed by atoms with Gasteiger partial charge in [0.2, 0.25) is 0 Å². The van der Waals surface area contributed by atoms with Gasteiger partial charge in [-0.1, -0.05) is 0 Å². The maximum atomic E-state index is 12.6. The van der Waals surface area contributed by atoms with Crippen molar-refractivity contribution >= 4 is 28.1 Å². The summed E-state index contributed by atoms with van der Waals surface area (Å²) in [6.07, 6.45) is 0. The van der Waals surface area contributed by atoms with E-state index >= 15 is 0 Å². The first-order valence-corrected chi connectivity index (χ1v) is 5.49. The van der Waals surface area contributed by atoms with Gasteiger partial charge < -0.3 is 5.32 Å². The summed E-state index contributed by atoms with van der Waals surface area (Å²) < 4.78 is 12.6. The third-order valence-electron chi connectivity index (χ3n) is 1.86. The van der Waals surface area contributed by atoms with E-state index in [2.05, 4.69) is 10.6 Å². The zero-order valence-corrected chi connectivity index (χ0v) is 9.05. The molecule has 0 unspecified atom stereocenters. The molecule has 0 fully saturated rings. The molecule has 1 aromatic carbocycles. The number of carbonyl (C=O) groups excluding carboxylic acids is 1. The minimum atomic E-state index is -0.339. The predicted molar refractivity (Wildman–Crippen MR) is 63.4 cm³/mol. The van der Waals surface area contributed by atoms with Gasteiger partial charge in [0.15, 0.2) is 0 Å². The Hall–Kier alpha value is -1.88. The van der Waals surface area contributed by atoms with Gasteiger partial charge in [0.25, 0.3) is 0 Å². The second-order valence-electron chi connectivity index (χ2n) is 3.06. The van der Waals surface area contributed by atoms with Crippen LogP contribution >= 0.6 is 11.3 Å². The van der Waals surface area contributed by atoms with Crippen molar-refractivity contribution in [1.82, 2.24) is 0 Å². The molecular weight excluding hydrogens is 227 g/mol. The molecule has 2 amide bonds. The van der Waals surface area contributed by atoms with E-state index in [9.17, 15) is 9.18 Å². The molecule has 3 nitrogen and oxygen atoms in total. The number of amides is 2. The van der Waals surface area contributed by atoms with Gasteiger partial charge in [-0.15, -0.1) is 11.3 Å². The Morgan fingerprint density at radius 2 is 1.88 bits per heavy atom. The minimum absolute atomic E-state index is 0.329. The summed E-state index contributed by atoms with van der Waals surface area (Å²) in [5.41, 5.74) is 0.551. The summed E-state index contributed by atoms with van der Waals surface area (Å²) in [6.45, 7) is 0. The maximum Gasteiger partial charge on any atom is 0.324 e. The molecule has 0 aliphatic rings. The molecule has 1 aromatic heterocycles. The summed E-state index contributed by atoms with van der Waals surface area (Å²) in [4.78, 5) is 11.5. The Bertz CT molecular complexity index is 467. The molecule has 2 N–H and O–H groups in total. The molecule has 16 heavy (non-hydrogen) atoms. The molecule has 0 saturated carbocycles. The van der Waals surface area contributed by atoms with Gasteiger partial charge in [-0.2, -0.15) is 0 Å². The van der Waals surface area contributed by atoms with Gasteiger partial charge in [0, 0.05) is 5.69 Å². The molecule has 0 saturated heterocycles. The smallest absolute Gasteiger partial charge is 0.308 e. The van der Waals surface area contributed by atoms with Crippen LogP contribution in [-0.2, 0) is 0 Å². The predicted octanol–water partition coefficient (Wildman–Crippen LogP) is 3.53. The minimum Gasteiger partial charge on any atom is -0.308 e. The highest BCUT2D eigenvalue weighted by molar-refractivity contribution is 7.14. The summed E-state index contributed by atoms with van der Waals surface area (Å²) in [5.74, 6) is -0.329. The van der Waals surface area contributed by atoms with Crippen molar-refractivity contribution in [2.75, 3.05) is 10.6 Å². The lowest BCUT2D eigenvalue weighted by Gasteiger charge is -2.05. The van der Waals surface area contributed by atoms with Crippen LogP contribution in [0.25, 0.3) is 0 Å². The van der Waals surface area contributed by atoms with Crippen LogP contribution < -0.4 is 10.6 Å². The molecule has 82 valence electrons. The normalized spacial score (nSPS) is 9.81. The number of nitrogens with one attached hydrogen (secondary N) is 2. The first kappa shape index (κ1) is 10.6. The number of halogens is 1. The molecule has 0 radical (unpaired) electrons. The fourth-order valence-corrected chi connectivity index (χ4v) is 1.77. The molecule has 0 spiro atoms. The van der Waals surface area contributed by atoms with E-state index in [1.54, 1.807) is 6.07 Å². The van der Waals surface area contributed by atoms with E-state index in [4.69, 9.17) is 0 Å². The van der Waals surface area contributed by atoms with Crippen LogP contribution in [0.1, 0.15) is 0 Å². The van der Waals surface area contributed by atoms with Gasteiger partial charge >= 0.3 is 6.03 Å². The second kappa shape index (κ2) is 4.76. The van der Waals surface area contributed by atoms with E-state index < -0.39 is 0 Å². The number of urea groups is 1. The van der Waals surface area contributed by atoms with Crippen molar-refractivity contribution in [1.29, 1.82) is 0 Å². The first-order valence-electron chi connectivity index (χ1n) is 4.61. The van der Waals surface area contributed by atoms with E-state index in [1.807, 2.05) is 11.4 Å². The molecule has 0 atom stereocenters. The van der Waals surface area contributed by atoms with Gasteiger partial charge in [0.05, 0.1) is 5.00 Å². The number of rotatable bonds is 2. The van der Waals surface area contributed by atoms with Crippen LogP contribution in [0.15, 0.2) is 41.8 Å². The Kier molecular flexibility index (Phi) is 3.16. The molecule has 1 heterocycles. The van der Waals surface area contributed by atoms with Crippen LogP contribution in [0, 0.1) is 5.82 Å². The first-order chi connectivity index (χ1) is 7.74. The molecule has 5 heteroatoms. The lowest BCUT2D eigenvalue weighted by Crippen LogP contribution is -2.18. The Morgan fingerprint density at radius 3 is 2.50 bits per heavy atom. The number of anilines is 2. The number of benzene rings is 1. The van der Waals surface area contributed by atoms with E-state index in [0.717, 1.165) is 5.00 Å². The number of hydrogen-bond donors (Lipinski definition) is 2. The molecule has 0 bridgehead atoms. The van der Waals surface area contributed by atoms with Gasteiger partial charge in [-0.3, -0.25) is 5.32 Å². The average molecular weight is 236 g/mol. The summed E-state index contributed by atoms with van der Waals surface area (Å²) in [7, 11) is 0. The van der Waals surface area contributed by atoms with Crippen LogP contribution in [0.4, 0.5) is 19.9 Å². The fourth-order valence-electron chi connectivity index (χ4n) is 1.16. The quantitative estimate of drug-likeness (QED) is 0.822. The fraction of sp³-hybridized carbons (Fsp3) is 0. The molecule has 0 aliphatic carbocycles. The Balaban J connectivity index is 1.95. The van der Waals surface area contributed by atoms with E-state index in [1.165, 1.54) is 35.6 Å². The lowest BCUT2D eigenvalue weighted by molar-refractivity contribution is 0.262.